The van der Waals surface area contributed by atoms with Crippen LogP contribution in [0.1, 0.15) is 32.6 Å². The normalized spacial score (nSPS) is 27.1. The van der Waals surface area contributed by atoms with Gasteiger partial charge in [-0.3, -0.25) is 14.5 Å². The number of fused-ring (bicyclic) bond motifs is 1. The molecule has 3 rings (SSSR count). The molecule has 0 radical (unpaired) electrons. The lowest BCUT2D eigenvalue weighted by atomic mass is 9.80. The number of hydrogen-bond donors (Lipinski definition) is 2. The second-order valence-corrected chi connectivity index (χ2v) is 6.77. The van der Waals surface area contributed by atoms with Gasteiger partial charge in [-0.15, -0.1) is 0 Å². The molecule has 0 bridgehead atoms. The van der Waals surface area contributed by atoms with Crippen molar-refractivity contribution in [1.29, 1.82) is 0 Å². The maximum absolute atomic E-state index is 12.3. The summed E-state index contributed by atoms with van der Waals surface area (Å²) in [5.41, 5.74) is 5.24. The van der Waals surface area contributed by atoms with Gasteiger partial charge in [0.25, 0.3) is 0 Å². The van der Waals surface area contributed by atoms with Gasteiger partial charge < -0.3 is 11.1 Å². The topological polar surface area (TPSA) is 93.2 Å². The molecule has 2 atom stereocenters. The fourth-order valence-corrected chi connectivity index (χ4v) is 4.13. The smallest absolute Gasteiger partial charge is 0.239 e. The summed E-state index contributed by atoms with van der Waals surface area (Å²) >= 11 is 0. The third-order valence-electron chi connectivity index (χ3n) is 5.22. The van der Waals surface area contributed by atoms with Crippen LogP contribution in [0.3, 0.4) is 0 Å². The van der Waals surface area contributed by atoms with Gasteiger partial charge in [0.15, 0.2) is 0 Å². The highest BCUT2D eigenvalue weighted by Gasteiger charge is 2.53. The molecule has 2 amide bonds. The van der Waals surface area contributed by atoms with Gasteiger partial charge in [-0.1, -0.05) is 13.3 Å². The van der Waals surface area contributed by atoms with Gasteiger partial charge in [0.2, 0.25) is 11.8 Å². The Morgan fingerprint density at radius 3 is 3.04 bits per heavy atom. The Bertz CT molecular complexity index is 599. The first-order valence-electron chi connectivity index (χ1n) is 8.39. The van der Waals surface area contributed by atoms with E-state index in [1.807, 2.05) is 0 Å². The van der Waals surface area contributed by atoms with Crippen molar-refractivity contribution in [1.82, 2.24) is 14.7 Å². The highest BCUT2D eigenvalue weighted by atomic mass is 16.2. The first-order chi connectivity index (χ1) is 11.0. The molecule has 7 nitrogen and oxygen atoms in total. The van der Waals surface area contributed by atoms with Crippen LogP contribution in [0.15, 0.2) is 12.3 Å². The third kappa shape index (κ3) is 2.97. The number of primary amides is 1. The molecule has 1 aliphatic heterocycles. The minimum atomic E-state index is -0.412. The van der Waals surface area contributed by atoms with Gasteiger partial charge in [-0.05, 0) is 25.2 Å². The molecular formula is C16H25N5O2. The molecule has 126 valence electrons. The van der Waals surface area contributed by atoms with E-state index >= 15 is 0 Å². The number of amides is 2. The number of carbonyl (C=O) groups excluding carboxylic acids is 2. The molecule has 2 heterocycles. The zero-order chi connectivity index (χ0) is 16.4. The van der Waals surface area contributed by atoms with E-state index in [0.29, 0.717) is 19.0 Å². The van der Waals surface area contributed by atoms with E-state index in [1.165, 1.54) is 0 Å². The lowest BCUT2D eigenvalue weighted by Crippen LogP contribution is -2.41. The summed E-state index contributed by atoms with van der Waals surface area (Å²) < 4.78 is 1.79. The Morgan fingerprint density at radius 1 is 1.52 bits per heavy atom. The average Bonchev–Trinajstić information content (AvgIpc) is 3.14. The number of carbonyl (C=O) groups is 2. The van der Waals surface area contributed by atoms with Gasteiger partial charge in [-0.2, -0.15) is 5.10 Å². The van der Waals surface area contributed by atoms with E-state index in [1.54, 1.807) is 16.9 Å². The van der Waals surface area contributed by atoms with E-state index in [2.05, 4.69) is 22.2 Å². The Kier molecular flexibility index (Phi) is 4.39. The van der Waals surface area contributed by atoms with Gasteiger partial charge in [0.05, 0.1) is 18.2 Å². The molecule has 1 saturated heterocycles. The molecular weight excluding hydrogens is 294 g/mol. The SMILES string of the molecule is CCCn1nccc1NC(=O)CN1C[C@@H]2CCC[C@]2(C(N)=O)C1. The Balaban J connectivity index is 1.59. The van der Waals surface area contributed by atoms with E-state index < -0.39 is 5.41 Å². The van der Waals surface area contributed by atoms with E-state index in [4.69, 9.17) is 5.73 Å². The van der Waals surface area contributed by atoms with Crippen LogP contribution < -0.4 is 11.1 Å². The van der Waals surface area contributed by atoms with Crippen LogP contribution in [-0.2, 0) is 16.1 Å². The highest BCUT2D eigenvalue weighted by Crippen LogP contribution is 2.48. The van der Waals surface area contributed by atoms with Crippen molar-refractivity contribution >= 4 is 17.6 Å². The van der Waals surface area contributed by atoms with Crippen LogP contribution >= 0.6 is 0 Å². The van der Waals surface area contributed by atoms with E-state index in [0.717, 1.165) is 44.6 Å². The maximum Gasteiger partial charge on any atom is 0.239 e. The number of rotatable bonds is 6. The van der Waals surface area contributed by atoms with Gasteiger partial charge >= 0.3 is 0 Å². The first-order valence-corrected chi connectivity index (χ1v) is 8.39. The fraction of sp³-hybridized carbons (Fsp3) is 0.688. The number of aryl methyl sites for hydroxylation is 1. The molecule has 1 saturated carbocycles. The number of aromatic nitrogens is 2. The van der Waals surface area contributed by atoms with Crippen LogP contribution in [0, 0.1) is 11.3 Å². The maximum atomic E-state index is 12.3. The summed E-state index contributed by atoms with van der Waals surface area (Å²) in [6, 6.07) is 1.80. The zero-order valence-electron chi connectivity index (χ0n) is 13.6. The molecule has 7 heteroatoms. The van der Waals surface area contributed by atoms with Crippen LogP contribution in [0.5, 0.6) is 0 Å². The first kappa shape index (κ1) is 16.0. The number of nitrogens with two attached hydrogens (primary N) is 1. The molecule has 23 heavy (non-hydrogen) atoms. The number of nitrogens with one attached hydrogen (secondary N) is 1. The predicted molar refractivity (Wildman–Crippen MR) is 86.6 cm³/mol. The van der Waals surface area contributed by atoms with Gasteiger partial charge in [0, 0.05) is 25.7 Å². The van der Waals surface area contributed by atoms with Crippen LogP contribution in [0.2, 0.25) is 0 Å². The number of hydrogen-bond acceptors (Lipinski definition) is 4. The monoisotopic (exact) mass is 319 g/mol. The minimum absolute atomic E-state index is 0.0672. The number of anilines is 1. The van der Waals surface area contributed by atoms with Crippen molar-refractivity contribution in [3.63, 3.8) is 0 Å². The summed E-state index contributed by atoms with van der Waals surface area (Å²) in [6.07, 6.45) is 5.59. The highest BCUT2D eigenvalue weighted by molar-refractivity contribution is 5.91. The van der Waals surface area contributed by atoms with Gasteiger partial charge in [-0.25, -0.2) is 4.68 Å². The summed E-state index contributed by atoms with van der Waals surface area (Å²) in [4.78, 5) is 26.3. The summed E-state index contributed by atoms with van der Waals surface area (Å²) in [7, 11) is 0. The van der Waals surface area contributed by atoms with Crippen LogP contribution in [0.4, 0.5) is 5.82 Å². The largest absolute Gasteiger partial charge is 0.369 e. The quantitative estimate of drug-likeness (QED) is 0.812. The minimum Gasteiger partial charge on any atom is -0.369 e. The molecule has 2 fully saturated rings. The number of nitrogens with zero attached hydrogens (tertiary/aromatic N) is 3. The van der Waals surface area contributed by atoms with Crippen LogP contribution in [0.25, 0.3) is 0 Å². The van der Waals surface area contributed by atoms with Crippen LogP contribution in [-0.4, -0.2) is 46.1 Å². The van der Waals surface area contributed by atoms with Gasteiger partial charge in [0.1, 0.15) is 5.82 Å². The second kappa shape index (κ2) is 6.31. The zero-order valence-corrected chi connectivity index (χ0v) is 13.6. The van der Waals surface area contributed by atoms with E-state index in [9.17, 15) is 9.59 Å². The molecule has 1 aromatic rings. The molecule has 3 N–H and O–H groups in total. The molecule has 0 aromatic carbocycles. The van der Waals surface area contributed by atoms with Crippen molar-refractivity contribution in [3.05, 3.63) is 12.3 Å². The molecule has 1 aromatic heterocycles. The lowest BCUT2D eigenvalue weighted by Gasteiger charge is -2.24. The van der Waals surface area contributed by atoms with Crippen molar-refractivity contribution in [3.8, 4) is 0 Å². The third-order valence-corrected chi connectivity index (χ3v) is 5.22. The predicted octanol–water partition coefficient (Wildman–Crippen LogP) is 0.819. The lowest BCUT2D eigenvalue weighted by molar-refractivity contribution is -0.128. The second-order valence-electron chi connectivity index (χ2n) is 6.77. The molecule has 2 aliphatic rings. The number of likely N-dealkylation sites (tertiary alicyclic amines) is 1. The molecule has 0 unspecified atom stereocenters. The van der Waals surface area contributed by atoms with Crippen molar-refractivity contribution in [2.75, 3.05) is 25.0 Å². The average molecular weight is 319 g/mol. The molecule has 1 aliphatic carbocycles. The fourth-order valence-electron chi connectivity index (χ4n) is 4.13. The summed E-state index contributed by atoms with van der Waals surface area (Å²) in [6.45, 7) is 4.53. The Morgan fingerprint density at radius 2 is 2.35 bits per heavy atom. The van der Waals surface area contributed by atoms with Crippen molar-refractivity contribution in [2.45, 2.75) is 39.2 Å². The van der Waals surface area contributed by atoms with Crippen molar-refractivity contribution in [2.24, 2.45) is 17.1 Å². The van der Waals surface area contributed by atoms with Crippen molar-refractivity contribution < 1.29 is 9.59 Å². The Labute approximate surface area is 136 Å². The van der Waals surface area contributed by atoms with E-state index in [-0.39, 0.29) is 11.8 Å². The Hall–Kier alpha value is -1.89. The standard InChI is InChI=1S/C16H25N5O2/c1-2-8-21-13(5-7-18-21)19-14(22)10-20-9-12-4-3-6-16(12,11-20)15(17)23/h5,7,12H,2-4,6,8-11H2,1H3,(H2,17,23)(H,19,22)/t12-,16-/m0/s1. The summed E-state index contributed by atoms with van der Waals surface area (Å²) in [5, 5.41) is 7.11. The summed E-state index contributed by atoms with van der Waals surface area (Å²) in [5.74, 6) is 0.755. The molecule has 0 spiro atoms.